The van der Waals surface area contributed by atoms with Crippen LogP contribution in [0.3, 0.4) is 0 Å². The highest BCUT2D eigenvalue weighted by molar-refractivity contribution is 7.12. The molecule has 0 saturated heterocycles. The predicted octanol–water partition coefficient (Wildman–Crippen LogP) is 6.70. The fourth-order valence-electron chi connectivity index (χ4n) is 2.21. The molecule has 0 spiro atoms. The Kier molecular flexibility index (Phi) is 6.91. The van der Waals surface area contributed by atoms with Gasteiger partial charge in [0.25, 0.3) is 5.91 Å². The largest absolute Gasteiger partial charge is 0.362 e. The second-order valence-electron chi connectivity index (χ2n) is 5.65. The van der Waals surface area contributed by atoms with Crippen molar-refractivity contribution in [2.75, 3.05) is 5.32 Å². The fraction of sp³-hybridized carbons (Fsp3) is 0.105. The molecule has 1 aromatic heterocycles. The number of anilines is 1. The Morgan fingerprint density at radius 2 is 1.54 bits per heavy atom. The van der Waals surface area contributed by atoms with Crippen LogP contribution in [0.4, 0.5) is 17.1 Å². The van der Waals surface area contributed by atoms with Crippen LogP contribution in [-0.2, 0) is 0 Å². The lowest BCUT2D eigenvalue weighted by molar-refractivity contribution is 0.0946. The molecule has 5 nitrogen and oxygen atoms in total. The van der Waals surface area contributed by atoms with Crippen molar-refractivity contribution in [1.29, 1.82) is 0 Å². The van der Waals surface area contributed by atoms with Crippen LogP contribution in [0, 0.1) is 0 Å². The van der Waals surface area contributed by atoms with Crippen molar-refractivity contribution >= 4 is 69.1 Å². The Labute approximate surface area is 181 Å². The molecule has 2 aromatic carbocycles. The number of nitrogens with one attached hydrogen (secondary N) is 2. The maximum Gasteiger partial charge on any atom is 0.263 e. The molecule has 3 aromatic rings. The molecule has 1 amide bonds. The SMILES string of the molecule is O=C(N[C@H](Nc1ccc(N=Nc2ccccc2)cc1)C(Cl)(Cl)Cl)c1cccs1. The van der Waals surface area contributed by atoms with E-state index >= 15 is 0 Å². The molecule has 0 aliphatic heterocycles. The standard InChI is InChI=1S/C19H15Cl3N4OS/c20-19(21,22)18(24-17(27)16-7-4-12-28-16)23-13-8-10-15(11-9-13)26-25-14-5-2-1-3-6-14/h1-12,18,23H,(H,24,27)/t18-/m0/s1. The van der Waals surface area contributed by atoms with E-state index in [1.54, 1.807) is 41.8 Å². The monoisotopic (exact) mass is 452 g/mol. The lowest BCUT2D eigenvalue weighted by Crippen LogP contribution is -2.48. The summed E-state index contributed by atoms with van der Waals surface area (Å²) in [6, 6.07) is 20.0. The minimum absolute atomic E-state index is 0.327. The quantitative estimate of drug-likeness (QED) is 0.248. The number of carbonyl (C=O) groups is 1. The van der Waals surface area contributed by atoms with Crippen LogP contribution in [0.1, 0.15) is 9.67 Å². The Morgan fingerprint density at radius 3 is 2.11 bits per heavy atom. The topological polar surface area (TPSA) is 65.8 Å². The molecular weight excluding hydrogens is 439 g/mol. The van der Waals surface area contributed by atoms with Gasteiger partial charge in [-0.1, -0.05) is 59.1 Å². The highest BCUT2D eigenvalue weighted by Crippen LogP contribution is 2.32. The molecule has 0 saturated carbocycles. The molecule has 1 heterocycles. The minimum Gasteiger partial charge on any atom is -0.362 e. The lowest BCUT2D eigenvalue weighted by Gasteiger charge is -2.27. The van der Waals surface area contributed by atoms with Gasteiger partial charge in [-0.15, -0.1) is 11.3 Å². The van der Waals surface area contributed by atoms with Crippen LogP contribution in [0.2, 0.25) is 0 Å². The van der Waals surface area contributed by atoms with E-state index in [1.165, 1.54) is 11.3 Å². The Bertz CT molecular complexity index is 926. The summed E-state index contributed by atoms with van der Waals surface area (Å²) in [6.07, 6.45) is -0.927. The average Bonchev–Trinajstić information content (AvgIpc) is 3.22. The van der Waals surface area contributed by atoms with Gasteiger partial charge in [0.2, 0.25) is 3.79 Å². The van der Waals surface area contributed by atoms with E-state index in [2.05, 4.69) is 20.9 Å². The van der Waals surface area contributed by atoms with Crippen LogP contribution >= 0.6 is 46.1 Å². The number of halogens is 3. The molecule has 1 atom stereocenters. The summed E-state index contributed by atoms with van der Waals surface area (Å²) in [5.41, 5.74) is 2.08. The van der Waals surface area contributed by atoms with E-state index in [9.17, 15) is 4.79 Å². The van der Waals surface area contributed by atoms with E-state index in [0.717, 1.165) is 5.69 Å². The number of alkyl halides is 3. The predicted molar refractivity (Wildman–Crippen MR) is 117 cm³/mol. The molecule has 0 radical (unpaired) electrons. The summed E-state index contributed by atoms with van der Waals surface area (Å²) in [7, 11) is 0. The van der Waals surface area contributed by atoms with Gasteiger partial charge < -0.3 is 10.6 Å². The molecule has 28 heavy (non-hydrogen) atoms. The smallest absolute Gasteiger partial charge is 0.263 e. The van der Waals surface area contributed by atoms with Crippen LogP contribution in [0.15, 0.2) is 82.3 Å². The molecule has 144 valence electrons. The first kappa shape index (κ1) is 20.6. The van der Waals surface area contributed by atoms with E-state index in [-0.39, 0.29) is 5.91 Å². The van der Waals surface area contributed by atoms with Gasteiger partial charge in [-0.2, -0.15) is 10.2 Å². The third-order valence-corrected chi connectivity index (χ3v) is 5.09. The maximum atomic E-state index is 12.3. The normalized spacial score (nSPS) is 12.7. The second kappa shape index (κ2) is 9.39. The third kappa shape index (κ3) is 5.94. The summed E-state index contributed by atoms with van der Waals surface area (Å²) >= 11 is 19.4. The average molecular weight is 454 g/mol. The van der Waals surface area contributed by atoms with Crippen LogP contribution in [0.25, 0.3) is 0 Å². The number of benzene rings is 2. The van der Waals surface area contributed by atoms with Gasteiger partial charge in [-0.25, -0.2) is 0 Å². The van der Waals surface area contributed by atoms with Gasteiger partial charge in [0.15, 0.2) is 0 Å². The zero-order chi connectivity index (χ0) is 20.0. The van der Waals surface area contributed by atoms with Crippen molar-refractivity contribution in [3.05, 3.63) is 77.0 Å². The molecule has 0 aliphatic rings. The van der Waals surface area contributed by atoms with E-state index in [0.29, 0.717) is 16.3 Å². The van der Waals surface area contributed by atoms with E-state index < -0.39 is 9.96 Å². The molecule has 9 heteroatoms. The van der Waals surface area contributed by atoms with Gasteiger partial charge in [-0.05, 0) is 47.8 Å². The van der Waals surface area contributed by atoms with Crippen molar-refractivity contribution in [2.24, 2.45) is 10.2 Å². The van der Waals surface area contributed by atoms with E-state index in [4.69, 9.17) is 34.8 Å². The summed E-state index contributed by atoms with van der Waals surface area (Å²) < 4.78 is -1.75. The Morgan fingerprint density at radius 1 is 0.893 bits per heavy atom. The first-order chi connectivity index (χ1) is 13.4. The minimum atomic E-state index is -1.75. The first-order valence-corrected chi connectivity index (χ1v) is 10.2. The number of carbonyl (C=O) groups excluding carboxylic acids is 1. The molecular formula is C19H15Cl3N4OS. The van der Waals surface area contributed by atoms with Gasteiger partial charge in [-0.3, -0.25) is 4.79 Å². The fourth-order valence-corrected chi connectivity index (χ4v) is 3.17. The zero-order valence-electron chi connectivity index (χ0n) is 14.4. The molecule has 3 rings (SSSR count). The summed E-state index contributed by atoms with van der Waals surface area (Å²) in [6.45, 7) is 0. The number of amides is 1. The highest BCUT2D eigenvalue weighted by atomic mass is 35.6. The van der Waals surface area contributed by atoms with Crippen molar-refractivity contribution in [3.63, 3.8) is 0 Å². The molecule has 2 N–H and O–H groups in total. The van der Waals surface area contributed by atoms with Crippen molar-refractivity contribution in [2.45, 2.75) is 9.96 Å². The number of azo groups is 1. The summed E-state index contributed by atoms with van der Waals surface area (Å²) in [5, 5.41) is 15.8. The summed E-state index contributed by atoms with van der Waals surface area (Å²) in [4.78, 5) is 12.8. The van der Waals surface area contributed by atoms with Crippen LogP contribution < -0.4 is 10.6 Å². The van der Waals surface area contributed by atoms with Gasteiger partial charge >= 0.3 is 0 Å². The number of thiophene rings is 1. The highest BCUT2D eigenvalue weighted by Gasteiger charge is 2.34. The Hall–Kier alpha value is -2.12. The zero-order valence-corrected chi connectivity index (χ0v) is 17.4. The van der Waals surface area contributed by atoms with Crippen molar-refractivity contribution < 1.29 is 4.79 Å². The molecule has 0 fully saturated rings. The number of hydrogen-bond donors (Lipinski definition) is 2. The number of nitrogens with zero attached hydrogens (tertiary/aromatic N) is 2. The molecule has 0 aliphatic carbocycles. The van der Waals surface area contributed by atoms with Gasteiger partial charge in [0, 0.05) is 5.69 Å². The van der Waals surface area contributed by atoms with Crippen LogP contribution in [0.5, 0.6) is 0 Å². The Balaban J connectivity index is 1.67. The molecule has 0 bridgehead atoms. The maximum absolute atomic E-state index is 12.3. The van der Waals surface area contributed by atoms with Crippen molar-refractivity contribution in [1.82, 2.24) is 5.32 Å². The summed E-state index contributed by atoms with van der Waals surface area (Å²) in [5.74, 6) is -0.327. The van der Waals surface area contributed by atoms with E-state index in [1.807, 2.05) is 30.3 Å². The van der Waals surface area contributed by atoms with Gasteiger partial charge in [0.1, 0.15) is 6.17 Å². The lowest BCUT2D eigenvalue weighted by atomic mass is 10.3. The third-order valence-electron chi connectivity index (χ3n) is 3.56. The number of rotatable bonds is 6. The number of hydrogen-bond acceptors (Lipinski definition) is 5. The van der Waals surface area contributed by atoms with Gasteiger partial charge in [0.05, 0.1) is 16.3 Å². The molecule has 0 unspecified atom stereocenters. The first-order valence-electron chi connectivity index (χ1n) is 8.16. The van der Waals surface area contributed by atoms with Crippen LogP contribution in [-0.4, -0.2) is 15.9 Å². The second-order valence-corrected chi connectivity index (χ2v) is 8.97. The van der Waals surface area contributed by atoms with Crippen molar-refractivity contribution in [3.8, 4) is 0 Å².